The van der Waals surface area contributed by atoms with Gasteiger partial charge in [-0.2, -0.15) is 0 Å². The summed E-state index contributed by atoms with van der Waals surface area (Å²) in [6.07, 6.45) is 20.5. The van der Waals surface area contributed by atoms with E-state index in [9.17, 15) is 0 Å². The van der Waals surface area contributed by atoms with E-state index in [1.54, 1.807) is 0 Å². The molecule has 0 atom stereocenters. The van der Waals surface area contributed by atoms with E-state index in [0.717, 1.165) is 41.9 Å². The van der Waals surface area contributed by atoms with Crippen LogP contribution in [0.15, 0.2) is 182 Å². The molecular weight excluding hydrogens is 651 g/mol. The maximum Gasteiger partial charge on any atom is 0.0945 e. The van der Waals surface area contributed by atoms with Crippen LogP contribution in [0.5, 0.6) is 0 Å². The number of benzene rings is 5. The molecule has 5 aromatic carbocycles. The molecule has 2 aliphatic rings. The first-order chi connectivity index (χ1) is 25.8. The van der Waals surface area contributed by atoms with Crippen LogP contribution in [-0.4, -0.2) is 9.55 Å². The van der Waals surface area contributed by atoms with E-state index < -0.39 is 0 Å². The van der Waals surface area contributed by atoms with E-state index in [0.29, 0.717) is 0 Å². The molecule has 2 aliphatic carbocycles. The first-order valence-corrected chi connectivity index (χ1v) is 18.8. The van der Waals surface area contributed by atoms with Crippen LogP contribution < -0.4 is 4.90 Å². The van der Waals surface area contributed by atoms with Crippen molar-refractivity contribution in [2.45, 2.75) is 19.3 Å². The van der Waals surface area contributed by atoms with Crippen LogP contribution in [0, 0.1) is 0 Å². The van der Waals surface area contributed by atoms with Crippen molar-refractivity contribution in [2.24, 2.45) is 0 Å². The summed E-state index contributed by atoms with van der Waals surface area (Å²) in [5.74, 6) is 0. The molecule has 4 heteroatoms. The van der Waals surface area contributed by atoms with Gasteiger partial charge in [0.2, 0.25) is 0 Å². The molecule has 0 saturated heterocycles. The topological polar surface area (TPSA) is 21.1 Å². The van der Waals surface area contributed by atoms with Crippen LogP contribution in [0.2, 0.25) is 0 Å². The Bertz CT molecular complexity index is 2810. The lowest BCUT2D eigenvalue weighted by molar-refractivity contribution is 0.976. The van der Waals surface area contributed by atoms with Gasteiger partial charge in [0, 0.05) is 66.3 Å². The normalized spacial score (nSPS) is 14.5. The minimum absolute atomic E-state index is 0.745. The van der Waals surface area contributed by atoms with Crippen LogP contribution in [0.1, 0.15) is 25.0 Å². The monoisotopic (exact) mass is 685 g/mol. The maximum absolute atomic E-state index is 5.08. The number of aromatic nitrogens is 2. The van der Waals surface area contributed by atoms with E-state index >= 15 is 0 Å². The van der Waals surface area contributed by atoms with Crippen LogP contribution in [0.4, 0.5) is 11.4 Å². The summed E-state index contributed by atoms with van der Waals surface area (Å²) in [7, 11) is 0. The van der Waals surface area contributed by atoms with Gasteiger partial charge >= 0.3 is 0 Å². The average molecular weight is 686 g/mol. The lowest BCUT2D eigenvalue weighted by Crippen LogP contribution is -2.16. The first kappa shape index (κ1) is 30.6. The van der Waals surface area contributed by atoms with E-state index in [4.69, 9.17) is 4.98 Å². The molecule has 248 valence electrons. The molecule has 52 heavy (non-hydrogen) atoms. The molecule has 0 N–H and O–H groups in total. The molecule has 3 heterocycles. The predicted molar refractivity (Wildman–Crippen MR) is 223 cm³/mol. The molecule has 8 aromatic rings. The van der Waals surface area contributed by atoms with E-state index in [1.807, 2.05) is 17.5 Å². The number of hydrogen-bond donors (Lipinski definition) is 0. The summed E-state index contributed by atoms with van der Waals surface area (Å²) in [6.45, 7) is 0. The smallest absolute Gasteiger partial charge is 0.0945 e. The SMILES string of the molecule is C1=CCCC(n2c3ccccc3c3ccnc(C4=CCC(N(c5ccc(-c6ccccc6)cc5)c5ccc6sc7ccccc7c6c5)=CC=C4)c32)=C1. The zero-order valence-electron chi connectivity index (χ0n) is 28.6. The Labute approximate surface area is 307 Å². The Morgan fingerprint density at radius 2 is 1.40 bits per heavy atom. The second kappa shape index (κ2) is 12.8. The van der Waals surface area contributed by atoms with Crippen molar-refractivity contribution in [3.8, 4) is 11.1 Å². The second-order valence-electron chi connectivity index (χ2n) is 13.4. The van der Waals surface area contributed by atoms with Crippen molar-refractivity contribution in [1.82, 2.24) is 9.55 Å². The summed E-state index contributed by atoms with van der Waals surface area (Å²) in [4.78, 5) is 7.51. The Morgan fingerprint density at radius 3 is 2.27 bits per heavy atom. The summed E-state index contributed by atoms with van der Waals surface area (Å²) < 4.78 is 5.07. The quantitative estimate of drug-likeness (QED) is 0.174. The van der Waals surface area contributed by atoms with Crippen LogP contribution in [-0.2, 0) is 0 Å². The fourth-order valence-corrected chi connectivity index (χ4v) is 9.01. The molecule has 3 aromatic heterocycles. The van der Waals surface area contributed by atoms with Gasteiger partial charge in [0.15, 0.2) is 0 Å². The van der Waals surface area contributed by atoms with E-state index in [-0.39, 0.29) is 0 Å². The first-order valence-electron chi connectivity index (χ1n) is 18.0. The Kier molecular flexibility index (Phi) is 7.54. The third-order valence-electron chi connectivity index (χ3n) is 10.4. The van der Waals surface area contributed by atoms with Gasteiger partial charge in [-0.05, 0) is 90.2 Å². The highest BCUT2D eigenvalue weighted by molar-refractivity contribution is 7.25. The summed E-state index contributed by atoms with van der Waals surface area (Å²) >= 11 is 1.86. The van der Waals surface area contributed by atoms with Crippen LogP contribution >= 0.6 is 11.3 Å². The fraction of sp³-hybridized carbons (Fsp3) is 0.0625. The highest BCUT2D eigenvalue weighted by Gasteiger charge is 2.21. The van der Waals surface area contributed by atoms with Gasteiger partial charge in [0.05, 0.1) is 16.7 Å². The largest absolute Gasteiger partial charge is 0.314 e. The van der Waals surface area contributed by atoms with Gasteiger partial charge < -0.3 is 9.47 Å². The molecule has 0 unspecified atom stereocenters. The molecule has 0 bridgehead atoms. The van der Waals surface area contributed by atoms with Crippen molar-refractivity contribution in [3.63, 3.8) is 0 Å². The highest BCUT2D eigenvalue weighted by Crippen LogP contribution is 2.42. The summed E-state index contributed by atoms with van der Waals surface area (Å²) in [6, 6.07) is 46.2. The van der Waals surface area contributed by atoms with Gasteiger partial charge in [-0.3, -0.25) is 4.98 Å². The number of pyridine rings is 1. The number of hydrogen-bond acceptors (Lipinski definition) is 3. The highest BCUT2D eigenvalue weighted by atomic mass is 32.1. The lowest BCUT2D eigenvalue weighted by atomic mass is 10.0. The second-order valence-corrected chi connectivity index (χ2v) is 14.5. The van der Waals surface area contributed by atoms with Gasteiger partial charge in [-0.25, -0.2) is 0 Å². The molecule has 3 nitrogen and oxygen atoms in total. The van der Waals surface area contributed by atoms with Crippen molar-refractivity contribution < 1.29 is 0 Å². The zero-order valence-corrected chi connectivity index (χ0v) is 29.4. The van der Waals surface area contributed by atoms with Crippen molar-refractivity contribution >= 4 is 76.0 Å². The van der Waals surface area contributed by atoms with E-state index in [2.05, 4.69) is 179 Å². The number of rotatable bonds is 6. The standard InChI is InChI=1S/C48H35N3S/c1-3-12-33(13-4-1)34-22-25-38(26-23-34)50(39-28-29-46-43(32-39)41-19-8-10-21-45(41)52-46)37-17-11-14-35(24-27-37)47-48-42(30-31-49-47)40-18-7-9-20-44(40)51(48)36-15-5-2-6-16-36/h1-5,7-15,17-26,28-32H,6,16,27H2. The third kappa shape index (κ3) is 5.23. The molecule has 0 aliphatic heterocycles. The fourth-order valence-electron chi connectivity index (χ4n) is 7.92. The minimum Gasteiger partial charge on any atom is -0.314 e. The Morgan fingerprint density at radius 1 is 0.635 bits per heavy atom. The van der Waals surface area contributed by atoms with Crippen molar-refractivity contribution in [2.75, 3.05) is 4.90 Å². The van der Waals surface area contributed by atoms with Gasteiger partial charge in [-0.15, -0.1) is 11.3 Å². The number of anilines is 2. The number of fused-ring (bicyclic) bond motifs is 6. The number of allylic oxidation sites excluding steroid dienone is 9. The summed E-state index contributed by atoms with van der Waals surface area (Å²) in [5, 5.41) is 5.09. The third-order valence-corrected chi connectivity index (χ3v) is 11.5. The lowest BCUT2D eigenvalue weighted by Gasteiger charge is -2.28. The number of para-hydroxylation sites is 1. The number of thiophene rings is 1. The zero-order chi connectivity index (χ0) is 34.4. The average Bonchev–Trinajstić information content (AvgIpc) is 3.65. The Balaban J connectivity index is 1.09. The summed E-state index contributed by atoms with van der Waals surface area (Å²) in [5.41, 5.74) is 11.8. The maximum atomic E-state index is 5.08. The van der Waals surface area contributed by atoms with E-state index in [1.165, 1.54) is 64.5 Å². The molecule has 0 fully saturated rings. The molecule has 0 radical (unpaired) electrons. The molecule has 0 saturated carbocycles. The molecule has 0 spiro atoms. The van der Waals surface area contributed by atoms with Gasteiger partial charge in [0.25, 0.3) is 0 Å². The van der Waals surface area contributed by atoms with Crippen molar-refractivity contribution in [3.05, 3.63) is 188 Å². The van der Waals surface area contributed by atoms with Crippen molar-refractivity contribution in [1.29, 1.82) is 0 Å². The molecule has 0 amide bonds. The van der Waals surface area contributed by atoms with Gasteiger partial charge in [0.1, 0.15) is 0 Å². The van der Waals surface area contributed by atoms with Gasteiger partial charge in [-0.1, -0.05) is 109 Å². The number of nitrogens with zero attached hydrogens (tertiary/aromatic N) is 3. The molecular formula is C48H35N3S. The predicted octanol–water partition coefficient (Wildman–Crippen LogP) is 13.5. The molecule has 10 rings (SSSR count). The minimum atomic E-state index is 0.745. The Hall–Kier alpha value is -6.23. The van der Waals surface area contributed by atoms with Crippen LogP contribution in [0.25, 0.3) is 64.4 Å². The van der Waals surface area contributed by atoms with Crippen LogP contribution in [0.3, 0.4) is 0 Å².